The van der Waals surface area contributed by atoms with Gasteiger partial charge in [-0.05, 0) is 39.9 Å². The molecule has 1 nitrogen and oxygen atoms in total. The molecule has 1 unspecified atom stereocenters. The lowest BCUT2D eigenvalue weighted by Gasteiger charge is -2.15. The number of aliphatic hydroxyl groups is 1. The first-order chi connectivity index (χ1) is 10.1. The van der Waals surface area contributed by atoms with E-state index in [9.17, 15) is 5.11 Å². The van der Waals surface area contributed by atoms with Crippen molar-refractivity contribution < 1.29 is 5.11 Å². The highest BCUT2D eigenvalue weighted by Gasteiger charge is 2.32. The van der Waals surface area contributed by atoms with Gasteiger partial charge in [0.05, 0.1) is 5.60 Å². The minimum absolute atomic E-state index is 0.608. The summed E-state index contributed by atoms with van der Waals surface area (Å²) in [5, 5.41) is 12.9. The first-order valence-corrected chi connectivity index (χ1v) is 7.45. The Bertz CT molecular complexity index is 825. The molecule has 1 N–H and O–H groups in total. The fourth-order valence-electron chi connectivity index (χ4n) is 3.58. The van der Waals surface area contributed by atoms with Gasteiger partial charge in [0.25, 0.3) is 0 Å². The lowest BCUT2D eigenvalue weighted by molar-refractivity contribution is 0.0719. The second-order valence-electron chi connectivity index (χ2n) is 6.32. The van der Waals surface area contributed by atoms with E-state index in [1.165, 1.54) is 33.0 Å². The minimum Gasteiger partial charge on any atom is -0.389 e. The molecule has 0 saturated carbocycles. The van der Waals surface area contributed by atoms with Crippen LogP contribution in [0.25, 0.3) is 21.9 Å². The normalized spacial score (nSPS) is 20.7. The Morgan fingerprint density at radius 3 is 2.43 bits per heavy atom. The van der Waals surface area contributed by atoms with E-state index in [-0.39, 0.29) is 0 Å². The van der Waals surface area contributed by atoms with Gasteiger partial charge >= 0.3 is 0 Å². The summed E-state index contributed by atoms with van der Waals surface area (Å²) in [6, 6.07) is 21.4. The topological polar surface area (TPSA) is 20.2 Å². The van der Waals surface area contributed by atoms with E-state index >= 15 is 0 Å². The molecule has 0 amide bonds. The summed E-state index contributed by atoms with van der Waals surface area (Å²) in [6.45, 7) is 1.93. The molecule has 0 heterocycles. The van der Waals surface area contributed by atoms with Crippen LogP contribution in [0.5, 0.6) is 0 Å². The molecule has 3 aromatic carbocycles. The van der Waals surface area contributed by atoms with Crippen molar-refractivity contribution in [2.45, 2.75) is 25.4 Å². The second kappa shape index (κ2) is 4.44. The number of hydrogen-bond acceptors (Lipinski definition) is 1. The van der Waals surface area contributed by atoms with Crippen molar-refractivity contribution in [3.05, 3.63) is 71.8 Å². The zero-order valence-electron chi connectivity index (χ0n) is 12.1. The standard InChI is InChI=1S/C20H18O/c1-20(21)12-15-8-5-11-18(19(15)13-20)17-10-4-7-14-6-2-3-9-16(14)17/h2-11,21H,12-13H2,1H3. The molecule has 0 fully saturated rings. The molecule has 1 atom stereocenters. The van der Waals surface area contributed by atoms with Crippen molar-refractivity contribution in [2.24, 2.45) is 0 Å². The fourth-order valence-corrected chi connectivity index (χ4v) is 3.58. The van der Waals surface area contributed by atoms with E-state index in [1.54, 1.807) is 0 Å². The van der Waals surface area contributed by atoms with Crippen LogP contribution >= 0.6 is 0 Å². The highest BCUT2D eigenvalue weighted by atomic mass is 16.3. The third-order valence-electron chi connectivity index (χ3n) is 4.48. The summed E-state index contributed by atoms with van der Waals surface area (Å²) in [4.78, 5) is 0. The van der Waals surface area contributed by atoms with Crippen LogP contribution in [-0.2, 0) is 12.8 Å². The first-order valence-electron chi connectivity index (χ1n) is 7.45. The smallest absolute Gasteiger partial charge is 0.0700 e. The van der Waals surface area contributed by atoms with Crippen LogP contribution in [0.4, 0.5) is 0 Å². The maximum atomic E-state index is 10.4. The van der Waals surface area contributed by atoms with E-state index in [0.717, 1.165) is 12.8 Å². The third kappa shape index (κ3) is 2.05. The number of hydrogen-bond donors (Lipinski definition) is 1. The highest BCUT2D eigenvalue weighted by molar-refractivity contribution is 5.97. The molecule has 1 aliphatic rings. The number of rotatable bonds is 1. The summed E-state index contributed by atoms with van der Waals surface area (Å²) in [6.07, 6.45) is 1.49. The van der Waals surface area contributed by atoms with E-state index in [4.69, 9.17) is 0 Å². The Kier molecular flexibility index (Phi) is 2.66. The maximum absolute atomic E-state index is 10.4. The van der Waals surface area contributed by atoms with Crippen molar-refractivity contribution in [2.75, 3.05) is 0 Å². The molecule has 3 aromatic rings. The zero-order valence-corrected chi connectivity index (χ0v) is 12.1. The molecule has 0 saturated heterocycles. The van der Waals surface area contributed by atoms with Crippen molar-refractivity contribution in [3.63, 3.8) is 0 Å². The Morgan fingerprint density at radius 1 is 0.810 bits per heavy atom. The fraction of sp³-hybridized carbons (Fsp3) is 0.200. The summed E-state index contributed by atoms with van der Waals surface area (Å²) >= 11 is 0. The first kappa shape index (κ1) is 12.6. The quantitative estimate of drug-likeness (QED) is 0.699. The molecule has 0 aromatic heterocycles. The third-order valence-corrected chi connectivity index (χ3v) is 4.48. The van der Waals surface area contributed by atoms with Crippen LogP contribution in [0.15, 0.2) is 60.7 Å². The van der Waals surface area contributed by atoms with Gasteiger partial charge in [-0.15, -0.1) is 0 Å². The van der Waals surface area contributed by atoms with E-state index in [1.807, 2.05) is 6.92 Å². The Hall–Kier alpha value is -2.12. The van der Waals surface area contributed by atoms with Crippen LogP contribution in [0, 0.1) is 0 Å². The van der Waals surface area contributed by atoms with Gasteiger partial charge in [0.2, 0.25) is 0 Å². The Balaban J connectivity index is 1.98. The lowest BCUT2D eigenvalue weighted by atomic mass is 9.92. The van der Waals surface area contributed by atoms with Gasteiger partial charge < -0.3 is 5.11 Å². The van der Waals surface area contributed by atoms with Crippen molar-refractivity contribution in [1.82, 2.24) is 0 Å². The highest BCUT2D eigenvalue weighted by Crippen LogP contribution is 2.38. The molecule has 0 aliphatic heterocycles. The predicted molar refractivity (Wildman–Crippen MR) is 87.4 cm³/mol. The number of fused-ring (bicyclic) bond motifs is 2. The molecule has 0 radical (unpaired) electrons. The van der Waals surface area contributed by atoms with Gasteiger partial charge in [-0.25, -0.2) is 0 Å². The molecule has 0 bridgehead atoms. The van der Waals surface area contributed by atoms with E-state index in [0.29, 0.717) is 0 Å². The van der Waals surface area contributed by atoms with Crippen molar-refractivity contribution in [1.29, 1.82) is 0 Å². The van der Waals surface area contributed by atoms with Crippen molar-refractivity contribution in [3.8, 4) is 11.1 Å². The molecule has 4 rings (SSSR count). The molecular weight excluding hydrogens is 256 g/mol. The van der Waals surface area contributed by atoms with Crippen LogP contribution < -0.4 is 0 Å². The molecule has 1 heteroatoms. The van der Waals surface area contributed by atoms with Crippen molar-refractivity contribution >= 4 is 10.8 Å². The average Bonchev–Trinajstić information content (AvgIpc) is 2.80. The van der Waals surface area contributed by atoms with Gasteiger partial charge in [-0.2, -0.15) is 0 Å². The van der Waals surface area contributed by atoms with Crippen LogP contribution in [0.2, 0.25) is 0 Å². The Labute approximate surface area is 124 Å². The van der Waals surface area contributed by atoms with Crippen LogP contribution in [0.1, 0.15) is 18.1 Å². The van der Waals surface area contributed by atoms with E-state index < -0.39 is 5.60 Å². The van der Waals surface area contributed by atoms with E-state index in [2.05, 4.69) is 60.7 Å². The second-order valence-corrected chi connectivity index (χ2v) is 6.32. The Morgan fingerprint density at radius 2 is 1.52 bits per heavy atom. The predicted octanol–water partition coefficient (Wildman–Crippen LogP) is 4.36. The maximum Gasteiger partial charge on any atom is 0.0700 e. The molecule has 21 heavy (non-hydrogen) atoms. The average molecular weight is 274 g/mol. The van der Waals surface area contributed by atoms with Gasteiger partial charge in [0.15, 0.2) is 0 Å². The minimum atomic E-state index is -0.608. The largest absolute Gasteiger partial charge is 0.389 e. The number of benzene rings is 3. The van der Waals surface area contributed by atoms with Gasteiger partial charge in [0.1, 0.15) is 0 Å². The summed E-state index contributed by atoms with van der Waals surface area (Å²) in [5.74, 6) is 0. The molecular formula is C20H18O. The molecule has 0 spiro atoms. The summed E-state index contributed by atoms with van der Waals surface area (Å²) in [7, 11) is 0. The van der Waals surface area contributed by atoms with Gasteiger partial charge in [0, 0.05) is 12.8 Å². The van der Waals surface area contributed by atoms with Gasteiger partial charge in [-0.1, -0.05) is 60.7 Å². The monoisotopic (exact) mass is 274 g/mol. The van der Waals surface area contributed by atoms with Gasteiger partial charge in [-0.3, -0.25) is 0 Å². The molecule has 104 valence electrons. The molecule has 1 aliphatic carbocycles. The lowest BCUT2D eigenvalue weighted by Crippen LogP contribution is -2.23. The van der Waals surface area contributed by atoms with Crippen LogP contribution in [-0.4, -0.2) is 10.7 Å². The SMILES string of the molecule is CC1(O)Cc2cccc(-c3cccc4ccccc34)c2C1. The zero-order chi connectivity index (χ0) is 14.4. The summed E-state index contributed by atoms with van der Waals surface area (Å²) < 4.78 is 0. The summed E-state index contributed by atoms with van der Waals surface area (Å²) in [5.41, 5.74) is 4.51. The van der Waals surface area contributed by atoms with Crippen LogP contribution in [0.3, 0.4) is 0 Å².